The third-order valence-corrected chi connectivity index (χ3v) is 3.04. The molecule has 0 aliphatic carbocycles. The van der Waals surface area contributed by atoms with Crippen molar-refractivity contribution in [2.24, 2.45) is 4.40 Å². The van der Waals surface area contributed by atoms with Crippen LogP contribution in [0.25, 0.3) is 0 Å². The lowest BCUT2D eigenvalue weighted by molar-refractivity contribution is 0.732. The highest BCUT2D eigenvalue weighted by molar-refractivity contribution is 7.98. The van der Waals surface area contributed by atoms with Crippen molar-refractivity contribution in [3.8, 4) is 0 Å². The highest BCUT2D eigenvalue weighted by Gasteiger charge is 2.14. The van der Waals surface area contributed by atoms with Crippen LogP contribution in [0.1, 0.15) is 13.8 Å². The first-order valence-corrected chi connectivity index (χ1v) is 5.63. The Bertz CT molecular complexity index is 331. The number of guanidine groups is 1. The Kier molecular flexibility index (Phi) is 2.41. The predicted octanol–water partition coefficient (Wildman–Crippen LogP) is 1.93. The molecule has 2 heterocycles. The number of hydrogen-bond acceptors (Lipinski definition) is 6. The summed E-state index contributed by atoms with van der Waals surface area (Å²) >= 11 is 3.00. The first-order valence-electron chi connectivity index (χ1n) is 3.98. The fraction of sp³-hybridized carbons (Fsp3) is 0.429. The first-order chi connectivity index (χ1) is 6.25. The molecule has 6 heteroatoms. The fourth-order valence-corrected chi connectivity index (χ4v) is 2.34. The molecule has 70 valence electrons. The quantitative estimate of drug-likeness (QED) is 0.701. The molecule has 4 nitrogen and oxygen atoms in total. The van der Waals surface area contributed by atoms with E-state index in [0.29, 0.717) is 6.04 Å². The van der Waals surface area contributed by atoms with Gasteiger partial charge in [0.15, 0.2) is 5.03 Å². The maximum Gasteiger partial charge on any atom is 0.208 e. The molecule has 0 radical (unpaired) electrons. The van der Waals surface area contributed by atoms with Crippen LogP contribution >= 0.6 is 23.3 Å². The molecule has 0 saturated carbocycles. The van der Waals surface area contributed by atoms with Crippen molar-refractivity contribution < 1.29 is 0 Å². The molecular weight excluding hydrogens is 204 g/mol. The summed E-state index contributed by atoms with van der Waals surface area (Å²) in [4.78, 5) is 4.15. The Morgan fingerprint density at radius 2 is 2.38 bits per heavy atom. The molecule has 0 atom stereocenters. The Labute approximate surface area is 85.0 Å². The lowest BCUT2D eigenvalue weighted by atomic mass is 10.4. The minimum absolute atomic E-state index is 0.390. The van der Waals surface area contributed by atoms with Gasteiger partial charge in [0, 0.05) is 18.0 Å². The number of nitrogens with one attached hydrogen (secondary N) is 2. The highest BCUT2D eigenvalue weighted by atomic mass is 32.2. The second kappa shape index (κ2) is 3.55. The first kappa shape index (κ1) is 8.83. The van der Waals surface area contributed by atoms with Crippen LogP contribution in [-0.2, 0) is 0 Å². The summed E-state index contributed by atoms with van der Waals surface area (Å²) in [6.07, 6.45) is 0. The van der Waals surface area contributed by atoms with Crippen molar-refractivity contribution in [3.05, 3.63) is 5.51 Å². The minimum atomic E-state index is 0.390. The van der Waals surface area contributed by atoms with Crippen LogP contribution < -0.4 is 10.6 Å². The second-order valence-corrected chi connectivity index (χ2v) is 4.55. The number of anilines is 1. The van der Waals surface area contributed by atoms with Crippen LogP contribution in [0.15, 0.2) is 14.9 Å². The van der Waals surface area contributed by atoms with Crippen LogP contribution in [0.5, 0.6) is 0 Å². The van der Waals surface area contributed by atoms with Gasteiger partial charge in [0.1, 0.15) is 5.00 Å². The van der Waals surface area contributed by atoms with Crippen LogP contribution in [-0.4, -0.2) is 17.0 Å². The minimum Gasteiger partial charge on any atom is -0.353 e. The molecule has 1 aliphatic heterocycles. The molecule has 0 saturated heterocycles. The van der Waals surface area contributed by atoms with E-state index >= 15 is 0 Å². The summed E-state index contributed by atoms with van der Waals surface area (Å²) in [6, 6.07) is 0.390. The molecule has 0 amide bonds. The average Bonchev–Trinajstić information content (AvgIpc) is 2.49. The molecule has 2 N–H and O–H groups in total. The fourth-order valence-electron chi connectivity index (χ4n) is 0.939. The highest BCUT2D eigenvalue weighted by Crippen LogP contribution is 2.33. The smallest absolute Gasteiger partial charge is 0.208 e. The molecular formula is C7H10N4S2. The van der Waals surface area contributed by atoms with E-state index in [4.69, 9.17) is 0 Å². The number of fused-ring (bicyclic) bond motifs is 1. The van der Waals surface area contributed by atoms with Gasteiger partial charge in [-0.1, -0.05) is 0 Å². The monoisotopic (exact) mass is 214 g/mol. The van der Waals surface area contributed by atoms with Crippen LogP contribution in [0.4, 0.5) is 5.00 Å². The Morgan fingerprint density at radius 1 is 1.54 bits per heavy atom. The van der Waals surface area contributed by atoms with Gasteiger partial charge in [-0.25, -0.2) is 4.98 Å². The van der Waals surface area contributed by atoms with E-state index in [1.165, 1.54) is 11.9 Å². The molecule has 0 unspecified atom stereocenters. The van der Waals surface area contributed by atoms with E-state index in [0.717, 1.165) is 16.0 Å². The summed E-state index contributed by atoms with van der Waals surface area (Å²) in [6.45, 7) is 4.16. The zero-order chi connectivity index (χ0) is 9.26. The van der Waals surface area contributed by atoms with Gasteiger partial charge in [0.25, 0.3) is 0 Å². The molecule has 1 aliphatic rings. The van der Waals surface area contributed by atoms with E-state index in [1.54, 1.807) is 11.3 Å². The molecule has 0 fully saturated rings. The third kappa shape index (κ3) is 1.94. The van der Waals surface area contributed by atoms with E-state index < -0.39 is 0 Å². The number of hydrogen-bond donors (Lipinski definition) is 2. The van der Waals surface area contributed by atoms with Gasteiger partial charge in [-0.2, -0.15) is 4.40 Å². The van der Waals surface area contributed by atoms with E-state index in [9.17, 15) is 0 Å². The standard InChI is InChI=1S/C7H10N4S2/c1-4(2)9-7-10-6-5(13-11-7)8-3-12-6/h3-4H,1-2H3,(H2,9,10,11). The molecule has 1 aromatic rings. The zero-order valence-corrected chi connectivity index (χ0v) is 9.00. The van der Waals surface area contributed by atoms with Gasteiger partial charge < -0.3 is 10.6 Å². The summed E-state index contributed by atoms with van der Waals surface area (Å²) in [5.74, 6) is 0.816. The van der Waals surface area contributed by atoms with Gasteiger partial charge in [0.2, 0.25) is 5.96 Å². The van der Waals surface area contributed by atoms with Crippen molar-refractivity contribution in [1.82, 2.24) is 10.3 Å². The molecule has 1 aromatic heterocycles. The maximum absolute atomic E-state index is 4.24. The molecule has 0 aromatic carbocycles. The SMILES string of the molecule is CC(C)NC1=NSc2ncsc2N1. The Balaban J connectivity index is 2.08. The van der Waals surface area contributed by atoms with Gasteiger partial charge >= 0.3 is 0 Å². The summed E-state index contributed by atoms with van der Waals surface area (Å²) in [5, 5.41) is 8.42. The molecule has 2 rings (SSSR count). The normalized spacial score (nSPS) is 14.8. The van der Waals surface area contributed by atoms with Gasteiger partial charge in [-0.15, -0.1) is 11.3 Å². The van der Waals surface area contributed by atoms with Crippen molar-refractivity contribution in [2.45, 2.75) is 24.9 Å². The van der Waals surface area contributed by atoms with Gasteiger partial charge in [-0.05, 0) is 13.8 Å². The molecule has 0 bridgehead atoms. The lowest BCUT2D eigenvalue weighted by Crippen LogP contribution is -2.36. The largest absolute Gasteiger partial charge is 0.353 e. The maximum atomic E-state index is 4.24. The average molecular weight is 214 g/mol. The van der Waals surface area contributed by atoms with Crippen molar-refractivity contribution in [3.63, 3.8) is 0 Å². The Hall–Kier alpha value is -0.750. The Morgan fingerprint density at radius 3 is 3.15 bits per heavy atom. The number of rotatable bonds is 1. The molecule has 13 heavy (non-hydrogen) atoms. The summed E-state index contributed by atoms with van der Waals surface area (Å²) in [5.41, 5.74) is 1.82. The lowest BCUT2D eigenvalue weighted by Gasteiger charge is -2.16. The van der Waals surface area contributed by atoms with E-state index in [1.807, 2.05) is 5.51 Å². The van der Waals surface area contributed by atoms with Crippen LogP contribution in [0.3, 0.4) is 0 Å². The van der Waals surface area contributed by atoms with E-state index in [-0.39, 0.29) is 0 Å². The number of thiazole rings is 1. The van der Waals surface area contributed by atoms with Gasteiger partial charge in [-0.3, -0.25) is 0 Å². The number of aromatic nitrogens is 1. The van der Waals surface area contributed by atoms with Crippen LogP contribution in [0.2, 0.25) is 0 Å². The summed E-state index contributed by atoms with van der Waals surface area (Å²) < 4.78 is 4.24. The second-order valence-electron chi connectivity index (χ2n) is 2.94. The van der Waals surface area contributed by atoms with Crippen molar-refractivity contribution >= 4 is 34.2 Å². The van der Waals surface area contributed by atoms with Gasteiger partial charge in [0.05, 0.1) is 5.51 Å². The zero-order valence-electron chi connectivity index (χ0n) is 7.37. The molecule has 0 spiro atoms. The van der Waals surface area contributed by atoms with E-state index in [2.05, 4.69) is 33.9 Å². The van der Waals surface area contributed by atoms with Crippen molar-refractivity contribution in [2.75, 3.05) is 5.32 Å². The third-order valence-electron chi connectivity index (χ3n) is 1.42. The van der Waals surface area contributed by atoms with Crippen molar-refractivity contribution in [1.29, 1.82) is 0 Å². The number of nitrogens with zero attached hydrogens (tertiary/aromatic N) is 2. The summed E-state index contributed by atoms with van der Waals surface area (Å²) in [7, 11) is 0. The van der Waals surface area contributed by atoms with Crippen LogP contribution in [0, 0.1) is 0 Å². The topological polar surface area (TPSA) is 49.3 Å². The predicted molar refractivity (Wildman–Crippen MR) is 57.3 cm³/mol.